The molecule has 0 aromatic heterocycles. The maximum absolute atomic E-state index is 12.9. The topological polar surface area (TPSA) is 106 Å². The second-order valence-electron chi connectivity index (χ2n) is 10.1. The van der Waals surface area contributed by atoms with Crippen molar-refractivity contribution in [2.24, 2.45) is 11.8 Å². The van der Waals surface area contributed by atoms with Crippen LogP contribution in [0.3, 0.4) is 0 Å². The zero-order valence-corrected chi connectivity index (χ0v) is 20.1. The summed E-state index contributed by atoms with van der Waals surface area (Å²) in [6, 6.07) is 4.88. The van der Waals surface area contributed by atoms with Gasteiger partial charge in [0.25, 0.3) is 5.91 Å². The van der Waals surface area contributed by atoms with Gasteiger partial charge in [-0.05, 0) is 49.3 Å². The van der Waals surface area contributed by atoms with Crippen LogP contribution in [0.2, 0.25) is 5.02 Å². The highest BCUT2D eigenvalue weighted by molar-refractivity contribution is 6.30. The van der Waals surface area contributed by atoms with Gasteiger partial charge in [0, 0.05) is 41.9 Å². The third-order valence-corrected chi connectivity index (χ3v) is 7.90. The SMILES string of the molecule is O=C(COC1CC(OC(F)(F)F)C1)N[C@@H]1C[C@@H]2C[C@H]1C[C@H]2NC(=O)[C@@H]1C[C@@H](O)c2cc(Cl)ccc2O1. The number of nitrogens with one attached hydrogen (secondary N) is 2. The average Bonchev–Trinajstić information content (AvgIpc) is 3.34. The van der Waals surface area contributed by atoms with E-state index < -0.39 is 30.8 Å². The van der Waals surface area contributed by atoms with Gasteiger partial charge in [0.2, 0.25) is 5.91 Å². The summed E-state index contributed by atoms with van der Waals surface area (Å²) in [4.78, 5) is 25.1. The van der Waals surface area contributed by atoms with Crippen LogP contribution < -0.4 is 15.4 Å². The van der Waals surface area contributed by atoms with Crippen molar-refractivity contribution in [3.05, 3.63) is 28.8 Å². The molecule has 36 heavy (non-hydrogen) atoms. The number of aliphatic hydroxyl groups excluding tert-OH is 1. The van der Waals surface area contributed by atoms with Crippen molar-refractivity contribution in [1.82, 2.24) is 10.6 Å². The largest absolute Gasteiger partial charge is 0.522 e. The van der Waals surface area contributed by atoms with Gasteiger partial charge < -0.3 is 25.2 Å². The van der Waals surface area contributed by atoms with Crippen LogP contribution in [-0.4, -0.2) is 60.3 Å². The molecule has 0 radical (unpaired) electrons. The molecule has 3 aliphatic carbocycles. The smallest absolute Gasteiger partial charge is 0.480 e. The van der Waals surface area contributed by atoms with Crippen molar-refractivity contribution < 1.29 is 42.1 Å². The van der Waals surface area contributed by atoms with Gasteiger partial charge in [0.15, 0.2) is 6.10 Å². The first-order chi connectivity index (χ1) is 17.0. The monoisotopic (exact) mass is 532 g/mol. The molecule has 6 atom stereocenters. The lowest BCUT2D eigenvalue weighted by Crippen LogP contribution is -2.50. The summed E-state index contributed by atoms with van der Waals surface area (Å²) in [5.74, 6) is 0.322. The number of ether oxygens (including phenoxy) is 3. The normalized spacial score (nSPS) is 34.9. The Kier molecular flexibility index (Phi) is 7.10. The number of hydrogen-bond acceptors (Lipinski definition) is 6. The lowest BCUT2D eigenvalue weighted by molar-refractivity contribution is -0.357. The van der Waals surface area contributed by atoms with Crippen LogP contribution in [-0.2, 0) is 19.1 Å². The Bertz CT molecular complexity index is 1000. The Morgan fingerprint density at radius 3 is 2.39 bits per heavy atom. The highest BCUT2D eigenvalue weighted by atomic mass is 35.5. The molecule has 5 rings (SSSR count). The van der Waals surface area contributed by atoms with Gasteiger partial charge in [-0.1, -0.05) is 11.6 Å². The number of halogens is 4. The number of aliphatic hydroxyl groups is 1. The van der Waals surface area contributed by atoms with Crippen LogP contribution in [0, 0.1) is 11.8 Å². The summed E-state index contributed by atoms with van der Waals surface area (Å²) in [6.45, 7) is -0.203. The maximum atomic E-state index is 12.9. The summed E-state index contributed by atoms with van der Waals surface area (Å²) in [5, 5.41) is 16.9. The van der Waals surface area contributed by atoms with E-state index in [1.54, 1.807) is 18.2 Å². The van der Waals surface area contributed by atoms with Crippen LogP contribution in [0.4, 0.5) is 13.2 Å². The van der Waals surface area contributed by atoms with Crippen LogP contribution in [0.5, 0.6) is 5.75 Å². The number of benzene rings is 1. The van der Waals surface area contributed by atoms with Crippen LogP contribution in [0.25, 0.3) is 0 Å². The van der Waals surface area contributed by atoms with Crippen molar-refractivity contribution in [3.8, 4) is 5.75 Å². The third-order valence-electron chi connectivity index (χ3n) is 7.66. The lowest BCUT2D eigenvalue weighted by atomic mass is 9.90. The van der Waals surface area contributed by atoms with Gasteiger partial charge in [0.1, 0.15) is 12.4 Å². The molecule has 3 saturated carbocycles. The zero-order chi connectivity index (χ0) is 25.6. The fourth-order valence-corrected chi connectivity index (χ4v) is 6.04. The van der Waals surface area contributed by atoms with E-state index >= 15 is 0 Å². The number of carbonyl (C=O) groups is 2. The van der Waals surface area contributed by atoms with Gasteiger partial charge in [-0.25, -0.2) is 0 Å². The second kappa shape index (κ2) is 10.00. The van der Waals surface area contributed by atoms with E-state index in [1.807, 2.05) is 0 Å². The molecule has 3 fully saturated rings. The van der Waals surface area contributed by atoms with Crippen LogP contribution in [0.15, 0.2) is 18.2 Å². The molecular weight excluding hydrogens is 505 g/mol. The molecule has 0 saturated heterocycles. The van der Waals surface area contributed by atoms with Crippen LogP contribution in [0.1, 0.15) is 50.2 Å². The van der Waals surface area contributed by atoms with Crippen molar-refractivity contribution in [2.75, 3.05) is 6.61 Å². The minimum absolute atomic E-state index is 0.0219. The molecule has 12 heteroatoms. The van der Waals surface area contributed by atoms with Crippen molar-refractivity contribution in [2.45, 2.75) is 81.4 Å². The average molecular weight is 533 g/mol. The molecule has 198 valence electrons. The Morgan fingerprint density at radius 2 is 1.72 bits per heavy atom. The van der Waals surface area contributed by atoms with E-state index in [4.69, 9.17) is 21.1 Å². The van der Waals surface area contributed by atoms with E-state index in [2.05, 4.69) is 15.4 Å². The minimum Gasteiger partial charge on any atom is -0.480 e. The van der Waals surface area contributed by atoms with E-state index in [-0.39, 0.29) is 61.6 Å². The van der Waals surface area contributed by atoms with Gasteiger partial charge in [-0.15, -0.1) is 13.2 Å². The van der Waals surface area contributed by atoms with E-state index in [9.17, 15) is 27.9 Å². The molecule has 1 aliphatic heterocycles. The maximum Gasteiger partial charge on any atom is 0.522 e. The standard InChI is InChI=1S/C24H28ClF3N2O6/c25-13-1-2-20-16(6-13)19(31)9-21(35-20)23(33)30-18-5-11-3-12(18)4-17(11)29-22(32)10-34-14-7-15(8-14)36-24(26,27)28/h1-2,6,11-12,14-15,17-19,21,31H,3-5,7-10H2,(H,29,32)(H,30,33)/t11-,12-,14?,15?,17+,18+,19+,21-/m0/s1. The predicted octanol–water partition coefficient (Wildman–Crippen LogP) is 3.01. The number of fused-ring (bicyclic) bond motifs is 3. The summed E-state index contributed by atoms with van der Waals surface area (Å²) in [7, 11) is 0. The second-order valence-corrected chi connectivity index (χ2v) is 10.6. The molecule has 4 aliphatic rings. The van der Waals surface area contributed by atoms with Gasteiger partial charge in [-0.2, -0.15) is 0 Å². The Balaban J connectivity index is 1.03. The molecule has 1 aromatic carbocycles. The van der Waals surface area contributed by atoms with E-state index in [0.717, 1.165) is 19.3 Å². The van der Waals surface area contributed by atoms with Crippen molar-refractivity contribution in [3.63, 3.8) is 0 Å². The molecule has 1 heterocycles. The molecule has 2 bridgehead atoms. The van der Waals surface area contributed by atoms with Gasteiger partial charge in [-0.3, -0.25) is 14.3 Å². The molecule has 8 nitrogen and oxygen atoms in total. The molecule has 2 amide bonds. The minimum atomic E-state index is -4.66. The summed E-state index contributed by atoms with van der Waals surface area (Å²) < 4.78 is 51.6. The predicted molar refractivity (Wildman–Crippen MR) is 120 cm³/mol. The molecule has 0 unspecified atom stereocenters. The van der Waals surface area contributed by atoms with Crippen LogP contribution >= 0.6 is 11.6 Å². The summed E-state index contributed by atoms with van der Waals surface area (Å²) in [5.41, 5.74) is 0.570. The quantitative estimate of drug-likeness (QED) is 0.498. The molecule has 1 aromatic rings. The highest BCUT2D eigenvalue weighted by Crippen LogP contribution is 2.45. The number of carbonyl (C=O) groups excluding carboxylic acids is 2. The number of hydrogen-bond donors (Lipinski definition) is 3. The number of amides is 2. The number of alkyl halides is 3. The Labute approximate surface area is 210 Å². The first-order valence-corrected chi connectivity index (χ1v) is 12.5. The number of rotatable bonds is 7. The summed E-state index contributed by atoms with van der Waals surface area (Å²) >= 11 is 5.98. The zero-order valence-electron chi connectivity index (χ0n) is 19.3. The summed E-state index contributed by atoms with van der Waals surface area (Å²) in [6.07, 6.45) is -4.91. The Morgan fingerprint density at radius 1 is 1.03 bits per heavy atom. The fourth-order valence-electron chi connectivity index (χ4n) is 5.86. The first-order valence-electron chi connectivity index (χ1n) is 12.1. The van der Waals surface area contributed by atoms with Gasteiger partial charge in [0.05, 0.1) is 18.3 Å². The van der Waals surface area contributed by atoms with E-state index in [0.29, 0.717) is 16.3 Å². The fraction of sp³-hybridized carbons (Fsp3) is 0.667. The molecule has 3 N–H and O–H groups in total. The van der Waals surface area contributed by atoms with E-state index in [1.165, 1.54) is 0 Å². The molecule has 0 spiro atoms. The lowest BCUT2D eigenvalue weighted by Gasteiger charge is -2.35. The highest BCUT2D eigenvalue weighted by Gasteiger charge is 2.48. The Hall–Kier alpha value is -2.08. The first kappa shape index (κ1) is 25.6. The third kappa shape index (κ3) is 5.74. The van der Waals surface area contributed by atoms with Crippen molar-refractivity contribution >= 4 is 23.4 Å². The van der Waals surface area contributed by atoms with Gasteiger partial charge >= 0.3 is 6.36 Å². The molecular formula is C24H28ClF3N2O6. The van der Waals surface area contributed by atoms with Crippen molar-refractivity contribution in [1.29, 1.82) is 0 Å².